The van der Waals surface area contributed by atoms with E-state index in [2.05, 4.69) is 6.92 Å². The van der Waals surface area contributed by atoms with Crippen molar-refractivity contribution in [1.82, 2.24) is 0 Å². The van der Waals surface area contributed by atoms with Crippen LogP contribution in [0.25, 0.3) is 0 Å². The Labute approximate surface area is 39.0 Å². The predicted molar refractivity (Wildman–Crippen MR) is 26.2 cm³/mol. The molecule has 0 aromatic carbocycles. The summed E-state index contributed by atoms with van der Waals surface area (Å²) in [6.07, 6.45) is 2.90. The Bertz CT molecular complexity index is 36.5. The van der Waals surface area contributed by atoms with Crippen LogP contribution in [0.1, 0.15) is 19.8 Å². The second-order valence-electron chi connectivity index (χ2n) is 1.31. The van der Waals surface area contributed by atoms with E-state index in [-0.39, 0.29) is 0 Å². The molecule has 0 aromatic heterocycles. The minimum atomic E-state index is 0.733. The van der Waals surface area contributed by atoms with Crippen molar-refractivity contribution in [2.45, 2.75) is 26.1 Å². The maximum absolute atomic E-state index is 9.56. The molecule has 34 valence electrons. The van der Waals surface area contributed by atoms with Crippen molar-refractivity contribution in [3.8, 4) is 0 Å². The van der Waals surface area contributed by atoms with E-state index >= 15 is 0 Å². The van der Waals surface area contributed by atoms with E-state index in [0.29, 0.717) is 0 Å². The van der Waals surface area contributed by atoms with Crippen LogP contribution in [0.5, 0.6) is 0 Å². The maximum atomic E-state index is 9.56. The van der Waals surface area contributed by atoms with Crippen LogP contribution in [0.2, 0.25) is 6.32 Å². The summed E-state index contributed by atoms with van der Waals surface area (Å²) in [4.78, 5) is 0. The fourth-order valence-corrected chi connectivity index (χ4v) is 0.287. The number of hydrogen-bond acceptors (Lipinski definition) is 1. The van der Waals surface area contributed by atoms with Crippen LogP contribution in [-0.2, 0) is 4.70 Å². The van der Waals surface area contributed by atoms with Crippen molar-refractivity contribution >= 4 is 7.15 Å². The zero-order valence-corrected chi connectivity index (χ0v) is 4.11. The van der Waals surface area contributed by atoms with Gasteiger partial charge in [0.05, 0.1) is 0 Å². The summed E-state index contributed by atoms with van der Waals surface area (Å²) in [6, 6.07) is 0. The zero-order chi connectivity index (χ0) is 4.83. The summed E-state index contributed by atoms with van der Waals surface area (Å²) >= 11 is 0. The van der Waals surface area contributed by atoms with Gasteiger partial charge in [0.15, 0.2) is 0 Å². The Balaban J connectivity index is 2.49. The first-order chi connectivity index (χ1) is 2.91. The molecule has 2 heteroatoms. The molecule has 0 atom stereocenters. The Kier molecular flexibility index (Phi) is 4.76. The minimum absolute atomic E-state index is 0.733. The van der Waals surface area contributed by atoms with Gasteiger partial charge in [0.2, 0.25) is 0 Å². The Morgan fingerprint density at radius 1 is 1.67 bits per heavy atom. The summed E-state index contributed by atoms with van der Waals surface area (Å²) < 4.78 is 9.56. The molecule has 0 aromatic rings. The first kappa shape index (κ1) is 5.86. The quantitative estimate of drug-likeness (QED) is 0.371. The van der Waals surface area contributed by atoms with E-state index in [1.54, 1.807) is 0 Å². The molecule has 0 saturated heterocycles. The number of rotatable bonds is 3. The molecule has 0 aliphatic rings. The zero-order valence-electron chi connectivity index (χ0n) is 4.11. The summed E-state index contributed by atoms with van der Waals surface area (Å²) in [5.74, 6) is 0. The molecule has 0 amide bonds. The van der Waals surface area contributed by atoms with Crippen LogP contribution < -0.4 is 0 Å². The van der Waals surface area contributed by atoms with Gasteiger partial charge in [-0.25, -0.2) is 0 Å². The predicted octanol–water partition coefficient (Wildman–Crippen LogP) is 1.25. The molecule has 1 nitrogen and oxygen atoms in total. The third-order valence-electron chi connectivity index (χ3n) is 0.676. The third-order valence-corrected chi connectivity index (χ3v) is 0.676. The molecule has 0 fully saturated rings. The van der Waals surface area contributed by atoms with Gasteiger partial charge in [-0.15, -0.1) is 0 Å². The first-order valence-electron chi connectivity index (χ1n) is 2.35. The molecule has 0 saturated carbocycles. The monoisotopic (exact) mass is 84.1 g/mol. The van der Waals surface area contributed by atoms with Gasteiger partial charge in [-0.3, -0.25) is 0 Å². The van der Waals surface area contributed by atoms with Crippen molar-refractivity contribution in [1.29, 1.82) is 0 Å². The van der Waals surface area contributed by atoms with Crippen LogP contribution in [0.15, 0.2) is 0 Å². The molecule has 0 bridgehead atoms. The van der Waals surface area contributed by atoms with E-state index in [4.69, 9.17) is 0 Å². The van der Waals surface area contributed by atoms with Gasteiger partial charge in [-0.2, -0.15) is 0 Å². The van der Waals surface area contributed by atoms with E-state index in [9.17, 15) is 4.70 Å². The standard InChI is InChI=1S/C4H9BO/c1-2-3-4-5-6/h2-4H2,1H3. The SMILES string of the molecule is CCCCB=O. The molecule has 0 rings (SSSR count). The van der Waals surface area contributed by atoms with Crippen LogP contribution in [0.4, 0.5) is 0 Å². The molecule has 0 spiro atoms. The second-order valence-corrected chi connectivity index (χ2v) is 1.31. The summed E-state index contributed by atoms with van der Waals surface area (Å²) in [6.45, 7) is 2.07. The summed E-state index contributed by atoms with van der Waals surface area (Å²) in [7, 11) is 0.962. The third kappa shape index (κ3) is 3.86. The van der Waals surface area contributed by atoms with Gasteiger partial charge < -0.3 is 0 Å². The molecule has 0 aliphatic heterocycles. The van der Waals surface area contributed by atoms with Crippen molar-refractivity contribution in [3.63, 3.8) is 0 Å². The van der Waals surface area contributed by atoms with Gasteiger partial charge in [0.25, 0.3) is 0 Å². The first-order valence-corrected chi connectivity index (χ1v) is 2.35. The fraction of sp³-hybridized carbons (Fsp3) is 1.00. The van der Waals surface area contributed by atoms with Gasteiger partial charge in [-0.1, -0.05) is 0 Å². The second kappa shape index (κ2) is 4.86. The molecule has 0 unspecified atom stereocenters. The normalized spacial score (nSPS) is 7.50. The Morgan fingerprint density at radius 2 is 2.33 bits per heavy atom. The van der Waals surface area contributed by atoms with E-state index in [1.807, 2.05) is 0 Å². The topological polar surface area (TPSA) is 17.1 Å². The Hall–Kier alpha value is -0.135. The molecule has 0 heterocycles. The average Bonchev–Trinajstić information content (AvgIpc) is 1.61. The molecule has 0 N–H and O–H groups in total. The van der Waals surface area contributed by atoms with Crippen LogP contribution in [-0.4, -0.2) is 7.15 Å². The number of unbranched alkanes of at least 4 members (excludes halogenated alkanes) is 1. The van der Waals surface area contributed by atoms with Gasteiger partial charge >= 0.3 is 37.9 Å². The van der Waals surface area contributed by atoms with Gasteiger partial charge in [0, 0.05) is 0 Å². The summed E-state index contributed by atoms with van der Waals surface area (Å²) in [5.41, 5.74) is 0. The molecular formula is C4H9BO. The van der Waals surface area contributed by atoms with Crippen molar-refractivity contribution in [3.05, 3.63) is 0 Å². The van der Waals surface area contributed by atoms with Gasteiger partial charge in [-0.05, 0) is 0 Å². The molecular weight excluding hydrogens is 74.9 g/mol. The van der Waals surface area contributed by atoms with Crippen LogP contribution >= 0.6 is 0 Å². The van der Waals surface area contributed by atoms with Crippen molar-refractivity contribution in [2.75, 3.05) is 0 Å². The van der Waals surface area contributed by atoms with Crippen LogP contribution in [0, 0.1) is 0 Å². The van der Waals surface area contributed by atoms with E-state index in [0.717, 1.165) is 26.3 Å². The molecule has 0 aliphatic carbocycles. The molecule has 6 heavy (non-hydrogen) atoms. The van der Waals surface area contributed by atoms with Crippen LogP contribution in [0.3, 0.4) is 0 Å². The van der Waals surface area contributed by atoms with E-state index in [1.165, 1.54) is 0 Å². The fourth-order valence-electron chi connectivity index (χ4n) is 0.287. The van der Waals surface area contributed by atoms with Crippen molar-refractivity contribution in [2.24, 2.45) is 0 Å². The van der Waals surface area contributed by atoms with Crippen molar-refractivity contribution < 1.29 is 4.70 Å². The summed E-state index contributed by atoms with van der Waals surface area (Å²) in [5, 5.41) is 0. The Morgan fingerprint density at radius 3 is 2.50 bits per heavy atom. The number of hydrogen-bond donors (Lipinski definition) is 0. The average molecular weight is 83.9 g/mol. The van der Waals surface area contributed by atoms with E-state index < -0.39 is 0 Å². The van der Waals surface area contributed by atoms with Gasteiger partial charge in [0.1, 0.15) is 0 Å². The molecule has 0 radical (unpaired) electrons.